The monoisotopic (exact) mass is 557 g/mol. The first-order valence-electron chi connectivity index (χ1n) is 11.3. The number of amides is 2. The minimum atomic E-state index is -3.84. The highest BCUT2D eigenvalue weighted by Crippen LogP contribution is 2.28. The van der Waals surface area contributed by atoms with Gasteiger partial charge in [-0.05, 0) is 63.6 Å². The highest BCUT2D eigenvalue weighted by atomic mass is 35.5. The van der Waals surface area contributed by atoms with Crippen LogP contribution in [0.5, 0.6) is 5.75 Å². The lowest BCUT2D eigenvalue weighted by Crippen LogP contribution is -2.55. The van der Waals surface area contributed by atoms with Crippen molar-refractivity contribution >= 4 is 50.7 Å². The standard InChI is InChI=1S/C25H33Cl2N3O5S/c1-7-22(24(32)28-25(2,3)4)29(15-19-20(26)9-8-10-21(19)27)23(31)16-30(36(6,33)34)17-11-13-18(35-5)14-12-17/h8-14,22H,7,15-16H2,1-6H3,(H,28,32)/t22-/m0/s1. The van der Waals surface area contributed by atoms with Gasteiger partial charge >= 0.3 is 0 Å². The van der Waals surface area contributed by atoms with Crippen LogP contribution >= 0.6 is 23.2 Å². The minimum Gasteiger partial charge on any atom is -0.497 e. The molecule has 0 bridgehead atoms. The topological polar surface area (TPSA) is 96.0 Å². The number of nitrogens with one attached hydrogen (secondary N) is 1. The zero-order valence-corrected chi connectivity index (χ0v) is 23.7. The van der Waals surface area contributed by atoms with Crippen LogP contribution < -0.4 is 14.4 Å². The Morgan fingerprint density at radius 1 is 1.06 bits per heavy atom. The van der Waals surface area contributed by atoms with Crippen molar-refractivity contribution in [2.24, 2.45) is 0 Å². The molecule has 1 N–H and O–H groups in total. The van der Waals surface area contributed by atoms with Gasteiger partial charge in [-0.3, -0.25) is 13.9 Å². The van der Waals surface area contributed by atoms with Crippen LogP contribution in [0.1, 0.15) is 39.7 Å². The zero-order valence-electron chi connectivity index (χ0n) is 21.3. The zero-order chi connectivity index (χ0) is 27.3. The van der Waals surface area contributed by atoms with Crippen molar-refractivity contribution < 1.29 is 22.7 Å². The number of rotatable bonds is 10. The van der Waals surface area contributed by atoms with E-state index >= 15 is 0 Å². The first kappa shape index (κ1) is 29.7. The first-order chi connectivity index (χ1) is 16.7. The molecule has 0 saturated heterocycles. The Hall–Kier alpha value is -2.49. The number of hydrogen-bond donors (Lipinski definition) is 1. The molecule has 0 fully saturated rings. The van der Waals surface area contributed by atoms with E-state index in [0.29, 0.717) is 21.4 Å². The third-order valence-corrected chi connectivity index (χ3v) is 7.16. The van der Waals surface area contributed by atoms with Crippen molar-refractivity contribution in [2.75, 3.05) is 24.2 Å². The predicted octanol–water partition coefficient (Wildman–Crippen LogP) is 4.49. The van der Waals surface area contributed by atoms with Crippen molar-refractivity contribution in [3.63, 3.8) is 0 Å². The van der Waals surface area contributed by atoms with E-state index in [-0.39, 0.29) is 24.6 Å². The molecule has 2 aromatic rings. The number of nitrogens with zero attached hydrogens (tertiary/aromatic N) is 2. The van der Waals surface area contributed by atoms with Gasteiger partial charge in [0, 0.05) is 27.7 Å². The molecular formula is C25H33Cl2N3O5S. The Balaban J connectivity index is 2.51. The van der Waals surface area contributed by atoms with Gasteiger partial charge in [-0.1, -0.05) is 36.2 Å². The molecule has 0 radical (unpaired) electrons. The Labute approximate surface area is 223 Å². The van der Waals surface area contributed by atoms with Crippen LogP contribution in [0.4, 0.5) is 5.69 Å². The number of benzene rings is 2. The molecular weight excluding hydrogens is 525 g/mol. The van der Waals surface area contributed by atoms with Gasteiger partial charge in [0.1, 0.15) is 18.3 Å². The number of sulfonamides is 1. The number of carbonyl (C=O) groups is 2. The van der Waals surface area contributed by atoms with E-state index in [1.165, 1.54) is 12.0 Å². The summed E-state index contributed by atoms with van der Waals surface area (Å²) in [6, 6.07) is 10.4. The summed E-state index contributed by atoms with van der Waals surface area (Å²) in [6.45, 7) is 6.69. The third-order valence-electron chi connectivity index (χ3n) is 5.31. The van der Waals surface area contributed by atoms with Gasteiger partial charge in [0.2, 0.25) is 21.8 Å². The number of hydrogen-bond acceptors (Lipinski definition) is 5. The second-order valence-electron chi connectivity index (χ2n) is 9.35. The van der Waals surface area contributed by atoms with Gasteiger partial charge in [-0.15, -0.1) is 0 Å². The molecule has 198 valence electrons. The van der Waals surface area contributed by atoms with E-state index in [1.807, 2.05) is 20.8 Å². The van der Waals surface area contributed by atoms with Crippen LogP contribution in [0.25, 0.3) is 0 Å². The maximum atomic E-state index is 13.7. The summed E-state index contributed by atoms with van der Waals surface area (Å²) in [4.78, 5) is 28.3. The summed E-state index contributed by atoms with van der Waals surface area (Å²) >= 11 is 12.7. The summed E-state index contributed by atoms with van der Waals surface area (Å²) in [6.07, 6.45) is 1.31. The van der Waals surface area contributed by atoms with E-state index in [1.54, 1.807) is 49.4 Å². The SMILES string of the molecule is CC[C@@H](C(=O)NC(C)(C)C)N(Cc1c(Cl)cccc1Cl)C(=O)CN(c1ccc(OC)cc1)S(C)(=O)=O. The van der Waals surface area contributed by atoms with Gasteiger partial charge in [-0.2, -0.15) is 0 Å². The largest absolute Gasteiger partial charge is 0.497 e. The Bertz CT molecular complexity index is 1160. The average molecular weight is 559 g/mol. The van der Waals surface area contributed by atoms with Gasteiger partial charge in [-0.25, -0.2) is 8.42 Å². The van der Waals surface area contributed by atoms with E-state index in [9.17, 15) is 18.0 Å². The smallest absolute Gasteiger partial charge is 0.244 e. The number of carbonyl (C=O) groups excluding carboxylic acids is 2. The fraction of sp³-hybridized carbons (Fsp3) is 0.440. The molecule has 0 unspecified atom stereocenters. The van der Waals surface area contributed by atoms with Gasteiger partial charge in [0.25, 0.3) is 0 Å². The van der Waals surface area contributed by atoms with Crippen LogP contribution in [0.3, 0.4) is 0 Å². The van der Waals surface area contributed by atoms with Crippen molar-refractivity contribution in [3.8, 4) is 5.75 Å². The van der Waals surface area contributed by atoms with E-state index < -0.39 is 34.1 Å². The summed E-state index contributed by atoms with van der Waals surface area (Å²) in [5.74, 6) is -0.404. The second kappa shape index (κ2) is 12.2. The number of halogens is 2. The summed E-state index contributed by atoms with van der Waals surface area (Å²) < 4.78 is 31.5. The minimum absolute atomic E-state index is 0.0758. The lowest BCUT2D eigenvalue weighted by Gasteiger charge is -2.34. The molecule has 0 aliphatic rings. The molecule has 11 heteroatoms. The maximum absolute atomic E-state index is 13.7. The lowest BCUT2D eigenvalue weighted by atomic mass is 10.1. The molecule has 0 aromatic heterocycles. The van der Waals surface area contributed by atoms with Crippen LogP contribution in [0.2, 0.25) is 10.0 Å². The number of anilines is 1. The molecule has 0 heterocycles. The lowest BCUT2D eigenvalue weighted by molar-refractivity contribution is -0.141. The second-order valence-corrected chi connectivity index (χ2v) is 12.1. The quantitative estimate of drug-likeness (QED) is 0.464. The summed E-state index contributed by atoms with van der Waals surface area (Å²) in [5.41, 5.74) is 0.212. The van der Waals surface area contributed by atoms with Gasteiger partial charge < -0.3 is 15.0 Å². The number of methoxy groups -OCH3 is 1. The summed E-state index contributed by atoms with van der Waals surface area (Å²) in [5, 5.41) is 3.57. The fourth-order valence-electron chi connectivity index (χ4n) is 3.59. The van der Waals surface area contributed by atoms with E-state index in [4.69, 9.17) is 27.9 Å². The molecule has 0 aliphatic heterocycles. The highest BCUT2D eigenvalue weighted by molar-refractivity contribution is 7.92. The Kier molecular flexibility index (Phi) is 10.0. The van der Waals surface area contributed by atoms with E-state index in [0.717, 1.165) is 10.6 Å². The molecule has 0 aliphatic carbocycles. The highest BCUT2D eigenvalue weighted by Gasteiger charge is 2.33. The third kappa shape index (κ3) is 8.01. The normalized spacial score (nSPS) is 12.6. The van der Waals surface area contributed by atoms with Crippen molar-refractivity contribution in [2.45, 2.75) is 52.2 Å². The van der Waals surface area contributed by atoms with Crippen LogP contribution in [0.15, 0.2) is 42.5 Å². The van der Waals surface area contributed by atoms with E-state index in [2.05, 4.69) is 5.32 Å². The Morgan fingerprint density at radius 3 is 2.06 bits per heavy atom. The molecule has 2 amide bonds. The van der Waals surface area contributed by atoms with Gasteiger partial charge in [0.05, 0.1) is 19.1 Å². The Morgan fingerprint density at radius 2 is 1.61 bits per heavy atom. The first-order valence-corrected chi connectivity index (χ1v) is 13.9. The maximum Gasteiger partial charge on any atom is 0.244 e. The molecule has 8 nitrogen and oxygen atoms in total. The van der Waals surface area contributed by atoms with Crippen molar-refractivity contribution in [1.29, 1.82) is 0 Å². The molecule has 2 aromatic carbocycles. The summed E-state index contributed by atoms with van der Waals surface area (Å²) in [7, 11) is -2.35. The predicted molar refractivity (Wildman–Crippen MR) is 144 cm³/mol. The van der Waals surface area contributed by atoms with Crippen LogP contribution in [-0.2, 0) is 26.2 Å². The van der Waals surface area contributed by atoms with Crippen LogP contribution in [0, 0.1) is 0 Å². The number of ether oxygens (including phenoxy) is 1. The molecule has 0 spiro atoms. The molecule has 0 saturated carbocycles. The molecule has 2 rings (SSSR count). The van der Waals surface area contributed by atoms with Crippen LogP contribution in [-0.4, -0.2) is 56.6 Å². The van der Waals surface area contributed by atoms with Crippen molar-refractivity contribution in [1.82, 2.24) is 10.2 Å². The average Bonchev–Trinajstić information content (AvgIpc) is 2.77. The fourth-order valence-corrected chi connectivity index (χ4v) is 4.95. The van der Waals surface area contributed by atoms with Crippen molar-refractivity contribution in [3.05, 3.63) is 58.1 Å². The molecule has 36 heavy (non-hydrogen) atoms. The molecule has 1 atom stereocenters. The van der Waals surface area contributed by atoms with Gasteiger partial charge in [0.15, 0.2) is 0 Å².